The van der Waals surface area contributed by atoms with Crippen molar-refractivity contribution in [3.8, 4) is 5.75 Å². The molecule has 0 aromatic heterocycles. The molecule has 0 atom stereocenters. The van der Waals surface area contributed by atoms with Crippen LogP contribution in [0.15, 0.2) is 42.5 Å². The zero-order valence-electron chi connectivity index (χ0n) is 11.0. The Morgan fingerprint density at radius 3 is 2.33 bits per heavy atom. The quantitative estimate of drug-likeness (QED) is 0.839. The molecule has 0 saturated carbocycles. The third-order valence-corrected chi connectivity index (χ3v) is 3.10. The Morgan fingerprint density at radius 1 is 1.00 bits per heavy atom. The number of aryl methyl sites for hydroxylation is 1. The number of anilines is 3. The van der Waals surface area contributed by atoms with Gasteiger partial charge in [0.15, 0.2) is 0 Å². The van der Waals surface area contributed by atoms with Gasteiger partial charge in [-0.2, -0.15) is 0 Å². The highest BCUT2D eigenvalue weighted by atomic mass is 16.5. The summed E-state index contributed by atoms with van der Waals surface area (Å²) < 4.78 is 5.25. The van der Waals surface area contributed by atoms with Gasteiger partial charge in [-0.15, -0.1) is 0 Å². The Kier molecular flexibility index (Phi) is 3.42. The second-order valence-corrected chi connectivity index (χ2v) is 4.24. The van der Waals surface area contributed by atoms with Crippen molar-refractivity contribution in [3.63, 3.8) is 0 Å². The van der Waals surface area contributed by atoms with Gasteiger partial charge in [0.05, 0.1) is 18.5 Å². The fourth-order valence-corrected chi connectivity index (χ4v) is 2.07. The molecule has 2 aromatic rings. The smallest absolute Gasteiger partial charge is 0.143 e. The first-order valence-electron chi connectivity index (χ1n) is 5.87. The van der Waals surface area contributed by atoms with Crippen LogP contribution in [0, 0.1) is 6.92 Å². The Bertz CT molecular complexity index is 552. The molecule has 3 nitrogen and oxygen atoms in total. The minimum absolute atomic E-state index is 0.658. The van der Waals surface area contributed by atoms with Gasteiger partial charge >= 0.3 is 0 Å². The molecule has 0 aliphatic carbocycles. The first-order chi connectivity index (χ1) is 8.65. The summed E-state index contributed by atoms with van der Waals surface area (Å²) >= 11 is 0. The molecule has 2 N–H and O–H groups in total. The summed E-state index contributed by atoms with van der Waals surface area (Å²) in [6.07, 6.45) is 0. The van der Waals surface area contributed by atoms with Gasteiger partial charge in [0.2, 0.25) is 0 Å². The van der Waals surface area contributed by atoms with Crippen LogP contribution in [-0.2, 0) is 0 Å². The van der Waals surface area contributed by atoms with E-state index in [1.807, 2.05) is 37.4 Å². The fraction of sp³-hybridized carbons (Fsp3) is 0.200. The average Bonchev–Trinajstić information content (AvgIpc) is 2.39. The van der Waals surface area contributed by atoms with Crippen molar-refractivity contribution in [3.05, 3.63) is 48.0 Å². The van der Waals surface area contributed by atoms with Crippen molar-refractivity contribution in [1.29, 1.82) is 0 Å². The normalized spacial score (nSPS) is 10.2. The molecule has 94 valence electrons. The minimum Gasteiger partial charge on any atom is -0.495 e. The number of nitrogens with zero attached hydrogens (tertiary/aromatic N) is 1. The maximum Gasteiger partial charge on any atom is 0.143 e. The summed E-state index contributed by atoms with van der Waals surface area (Å²) in [4.78, 5) is 2.08. The molecule has 0 saturated heterocycles. The van der Waals surface area contributed by atoms with Gasteiger partial charge in [0, 0.05) is 12.7 Å². The average molecular weight is 242 g/mol. The molecule has 0 bridgehead atoms. The van der Waals surface area contributed by atoms with E-state index in [0.717, 1.165) is 11.4 Å². The molecule has 0 radical (unpaired) electrons. The second-order valence-electron chi connectivity index (χ2n) is 4.24. The highest BCUT2D eigenvalue weighted by molar-refractivity contribution is 5.79. The van der Waals surface area contributed by atoms with E-state index in [-0.39, 0.29) is 0 Å². The molecular formula is C15H18N2O. The molecule has 0 unspecified atom stereocenters. The minimum atomic E-state index is 0.658. The zero-order chi connectivity index (χ0) is 13.1. The number of rotatable bonds is 3. The van der Waals surface area contributed by atoms with E-state index in [1.165, 1.54) is 5.56 Å². The molecule has 0 aliphatic heterocycles. The fourth-order valence-electron chi connectivity index (χ4n) is 2.07. The van der Waals surface area contributed by atoms with Crippen molar-refractivity contribution < 1.29 is 4.74 Å². The summed E-state index contributed by atoms with van der Waals surface area (Å²) in [5.41, 5.74) is 10.1. The Morgan fingerprint density at radius 2 is 1.67 bits per heavy atom. The number of para-hydroxylation sites is 2. The molecule has 0 heterocycles. The van der Waals surface area contributed by atoms with Crippen molar-refractivity contribution in [2.24, 2.45) is 0 Å². The number of hydrogen-bond donors (Lipinski definition) is 1. The Hall–Kier alpha value is -2.16. The van der Waals surface area contributed by atoms with Crippen LogP contribution >= 0.6 is 0 Å². The first kappa shape index (κ1) is 12.3. The summed E-state index contributed by atoms with van der Waals surface area (Å²) in [5, 5.41) is 0. The van der Waals surface area contributed by atoms with E-state index in [2.05, 4.69) is 24.0 Å². The molecule has 3 heteroatoms. The Balaban J connectivity index is 2.47. The van der Waals surface area contributed by atoms with Crippen LogP contribution in [0.5, 0.6) is 5.75 Å². The van der Waals surface area contributed by atoms with E-state index in [9.17, 15) is 0 Å². The van der Waals surface area contributed by atoms with Crippen LogP contribution in [0.1, 0.15) is 5.56 Å². The van der Waals surface area contributed by atoms with Gasteiger partial charge in [-0.3, -0.25) is 0 Å². The van der Waals surface area contributed by atoms with Crippen LogP contribution in [-0.4, -0.2) is 14.2 Å². The van der Waals surface area contributed by atoms with Crippen LogP contribution in [0.3, 0.4) is 0 Å². The van der Waals surface area contributed by atoms with Gasteiger partial charge in [-0.25, -0.2) is 0 Å². The molecule has 2 aromatic carbocycles. The molecular weight excluding hydrogens is 224 g/mol. The van der Waals surface area contributed by atoms with Crippen LogP contribution < -0.4 is 15.4 Å². The summed E-state index contributed by atoms with van der Waals surface area (Å²) in [6.45, 7) is 2.09. The third kappa shape index (κ3) is 2.12. The highest BCUT2D eigenvalue weighted by Gasteiger charge is 2.12. The summed E-state index contributed by atoms with van der Waals surface area (Å²) in [6, 6.07) is 14.0. The number of methoxy groups -OCH3 is 1. The van der Waals surface area contributed by atoms with Crippen LogP contribution in [0.2, 0.25) is 0 Å². The number of ether oxygens (including phenoxy) is 1. The molecule has 0 amide bonds. The monoisotopic (exact) mass is 242 g/mol. The maximum atomic E-state index is 6.12. The lowest BCUT2D eigenvalue weighted by molar-refractivity contribution is 0.417. The van der Waals surface area contributed by atoms with Crippen molar-refractivity contribution in [2.45, 2.75) is 6.92 Å². The van der Waals surface area contributed by atoms with E-state index in [0.29, 0.717) is 11.4 Å². The number of nitrogens with two attached hydrogens (primary N) is 1. The highest BCUT2D eigenvalue weighted by Crippen LogP contribution is 2.35. The molecule has 0 fully saturated rings. The van der Waals surface area contributed by atoms with Crippen molar-refractivity contribution in [2.75, 3.05) is 24.8 Å². The van der Waals surface area contributed by atoms with Crippen LogP contribution in [0.25, 0.3) is 0 Å². The SMILES string of the molecule is COc1cccc(N(C)c2ccccc2C)c1N. The first-order valence-corrected chi connectivity index (χ1v) is 5.87. The van der Waals surface area contributed by atoms with Gasteiger partial charge in [-0.1, -0.05) is 24.3 Å². The largest absolute Gasteiger partial charge is 0.495 e. The zero-order valence-corrected chi connectivity index (χ0v) is 11.0. The molecule has 2 rings (SSSR count). The van der Waals surface area contributed by atoms with Gasteiger partial charge in [0.1, 0.15) is 5.75 Å². The van der Waals surface area contributed by atoms with Gasteiger partial charge < -0.3 is 15.4 Å². The van der Waals surface area contributed by atoms with E-state index in [4.69, 9.17) is 10.5 Å². The predicted molar refractivity (Wildman–Crippen MR) is 76.6 cm³/mol. The number of benzene rings is 2. The topological polar surface area (TPSA) is 38.5 Å². The lowest BCUT2D eigenvalue weighted by Gasteiger charge is -2.23. The van der Waals surface area contributed by atoms with E-state index in [1.54, 1.807) is 7.11 Å². The maximum absolute atomic E-state index is 6.12. The predicted octanol–water partition coefficient (Wildman–Crippen LogP) is 3.35. The molecule has 0 spiro atoms. The van der Waals surface area contributed by atoms with E-state index < -0.39 is 0 Å². The van der Waals surface area contributed by atoms with E-state index >= 15 is 0 Å². The Labute approximate surface area is 108 Å². The van der Waals surface area contributed by atoms with Gasteiger partial charge in [-0.05, 0) is 30.7 Å². The number of nitrogen functional groups attached to an aromatic ring is 1. The molecule has 0 aliphatic rings. The summed E-state index contributed by atoms with van der Waals surface area (Å²) in [5.74, 6) is 0.702. The van der Waals surface area contributed by atoms with Crippen molar-refractivity contribution >= 4 is 17.1 Å². The standard InChI is InChI=1S/C15H18N2O/c1-11-7-4-5-8-12(11)17(2)13-9-6-10-14(18-3)15(13)16/h4-10H,16H2,1-3H3. The third-order valence-electron chi connectivity index (χ3n) is 3.10. The summed E-state index contributed by atoms with van der Waals surface area (Å²) in [7, 11) is 3.64. The van der Waals surface area contributed by atoms with Crippen LogP contribution in [0.4, 0.5) is 17.1 Å². The second kappa shape index (κ2) is 5.00. The van der Waals surface area contributed by atoms with Crippen molar-refractivity contribution in [1.82, 2.24) is 0 Å². The molecule has 18 heavy (non-hydrogen) atoms. The lowest BCUT2D eigenvalue weighted by Crippen LogP contribution is -2.13. The number of hydrogen-bond acceptors (Lipinski definition) is 3. The lowest BCUT2D eigenvalue weighted by atomic mass is 10.1. The van der Waals surface area contributed by atoms with Gasteiger partial charge in [0.25, 0.3) is 0 Å².